The van der Waals surface area contributed by atoms with E-state index in [1.54, 1.807) is 0 Å². The highest BCUT2D eigenvalue weighted by atomic mass is 16.5. The van der Waals surface area contributed by atoms with Crippen LogP contribution < -0.4 is 15.8 Å². The van der Waals surface area contributed by atoms with Crippen molar-refractivity contribution in [3.8, 4) is 5.75 Å². The molecular weight excluding hydrogens is 216 g/mol. The number of ether oxygens (including phenoxy) is 1. The molecule has 1 fully saturated rings. The highest BCUT2D eigenvalue weighted by molar-refractivity contribution is 5.85. The van der Waals surface area contributed by atoms with Crippen molar-refractivity contribution in [2.45, 2.75) is 25.3 Å². The zero-order valence-corrected chi connectivity index (χ0v) is 10.0. The summed E-state index contributed by atoms with van der Waals surface area (Å²) < 4.78 is 5.72. The number of hydrogen-bond donors (Lipinski definition) is 2. The number of primary amides is 1. The number of amides is 1. The Balaban J connectivity index is 2.06. The molecule has 4 nitrogen and oxygen atoms in total. The second-order valence-electron chi connectivity index (χ2n) is 4.53. The summed E-state index contributed by atoms with van der Waals surface area (Å²) in [6.45, 7) is 3.10. The van der Waals surface area contributed by atoms with Crippen molar-refractivity contribution in [2.75, 3.05) is 13.2 Å². The van der Waals surface area contributed by atoms with Crippen molar-refractivity contribution in [3.63, 3.8) is 0 Å². The number of nitrogens with two attached hydrogens (primary N) is 1. The van der Waals surface area contributed by atoms with Crippen molar-refractivity contribution in [3.05, 3.63) is 29.8 Å². The van der Waals surface area contributed by atoms with Gasteiger partial charge in [0.2, 0.25) is 5.91 Å². The fraction of sp³-hybridized carbons (Fsp3) is 0.462. The molecule has 92 valence electrons. The molecular formula is C13H18N2O2. The fourth-order valence-electron chi connectivity index (χ4n) is 2.13. The summed E-state index contributed by atoms with van der Waals surface area (Å²) in [4.78, 5) is 11.5. The number of carbonyl (C=O) groups excluding carboxylic acids is 1. The van der Waals surface area contributed by atoms with Gasteiger partial charge in [-0.2, -0.15) is 0 Å². The van der Waals surface area contributed by atoms with Crippen molar-refractivity contribution >= 4 is 5.91 Å². The quantitative estimate of drug-likeness (QED) is 0.816. The minimum atomic E-state index is -0.692. The van der Waals surface area contributed by atoms with Crippen LogP contribution in [-0.4, -0.2) is 24.6 Å². The normalized spacial score (nSPS) is 23.6. The number of para-hydroxylation sites is 1. The molecule has 4 heteroatoms. The second kappa shape index (κ2) is 4.75. The Morgan fingerprint density at radius 3 is 2.88 bits per heavy atom. The number of nitrogens with one attached hydrogen (secondary N) is 1. The van der Waals surface area contributed by atoms with Gasteiger partial charge in [-0.3, -0.25) is 4.79 Å². The molecule has 1 atom stereocenters. The molecule has 1 amide bonds. The summed E-state index contributed by atoms with van der Waals surface area (Å²) >= 11 is 0. The SMILES string of the molecule is Cc1ccccc1OCC1(C(N)=O)CCCN1. The summed E-state index contributed by atoms with van der Waals surface area (Å²) in [7, 11) is 0. The van der Waals surface area contributed by atoms with Gasteiger partial charge in [0, 0.05) is 0 Å². The Hall–Kier alpha value is -1.55. The van der Waals surface area contributed by atoms with Crippen molar-refractivity contribution in [2.24, 2.45) is 5.73 Å². The van der Waals surface area contributed by atoms with E-state index in [-0.39, 0.29) is 5.91 Å². The lowest BCUT2D eigenvalue weighted by Crippen LogP contribution is -2.55. The lowest BCUT2D eigenvalue weighted by molar-refractivity contribution is -0.125. The lowest BCUT2D eigenvalue weighted by atomic mass is 9.98. The van der Waals surface area contributed by atoms with E-state index in [0.29, 0.717) is 6.61 Å². The molecule has 1 heterocycles. The molecule has 1 aromatic rings. The van der Waals surface area contributed by atoms with Gasteiger partial charge in [-0.1, -0.05) is 18.2 Å². The molecule has 1 saturated heterocycles. The molecule has 1 aromatic carbocycles. The minimum absolute atomic E-state index is 0.299. The van der Waals surface area contributed by atoms with Gasteiger partial charge in [-0.15, -0.1) is 0 Å². The molecule has 0 spiro atoms. The van der Waals surface area contributed by atoms with E-state index in [4.69, 9.17) is 10.5 Å². The van der Waals surface area contributed by atoms with Gasteiger partial charge in [0.1, 0.15) is 17.9 Å². The Morgan fingerprint density at radius 1 is 1.53 bits per heavy atom. The molecule has 17 heavy (non-hydrogen) atoms. The van der Waals surface area contributed by atoms with Crippen LogP contribution >= 0.6 is 0 Å². The first-order valence-corrected chi connectivity index (χ1v) is 5.87. The number of aryl methyl sites for hydroxylation is 1. The van der Waals surface area contributed by atoms with Gasteiger partial charge in [-0.05, 0) is 37.9 Å². The van der Waals surface area contributed by atoms with Crippen LogP contribution in [0, 0.1) is 6.92 Å². The van der Waals surface area contributed by atoms with Crippen LogP contribution in [0.4, 0.5) is 0 Å². The molecule has 3 N–H and O–H groups in total. The van der Waals surface area contributed by atoms with E-state index in [1.165, 1.54) is 0 Å². The largest absolute Gasteiger partial charge is 0.491 e. The van der Waals surface area contributed by atoms with Crippen LogP contribution in [0.15, 0.2) is 24.3 Å². The fourth-order valence-corrected chi connectivity index (χ4v) is 2.13. The van der Waals surface area contributed by atoms with E-state index < -0.39 is 5.54 Å². The summed E-state index contributed by atoms with van der Waals surface area (Å²) in [5.41, 5.74) is 5.82. The maximum Gasteiger partial charge on any atom is 0.241 e. The highest BCUT2D eigenvalue weighted by Gasteiger charge is 2.40. The Morgan fingerprint density at radius 2 is 2.29 bits per heavy atom. The Labute approximate surface area is 101 Å². The van der Waals surface area contributed by atoms with E-state index in [2.05, 4.69) is 5.32 Å². The maximum atomic E-state index is 11.5. The van der Waals surface area contributed by atoms with Crippen LogP contribution in [0.1, 0.15) is 18.4 Å². The van der Waals surface area contributed by atoms with E-state index in [1.807, 2.05) is 31.2 Å². The molecule has 1 aliphatic heterocycles. The predicted octanol–water partition coefficient (Wildman–Crippen LogP) is 0.981. The monoisotopic (exact) mass is 234 g/mol. The molecule has 0 radical (unpaired) electrons. The first kappa shape index (κ1) is 11.9. The summed E-state index contributed by atoms with van der Waals surface area (Å²) in [5, 5.41) is 3.16. The van der Waals surface area contributed by atoms with Gasteiger partial charge in [-0.25, -0.2) is 0 Å². The van der Waals surface area contributed by atoms with Crippen LogP contribution in [-0.2, 0) is 4.79 Å². The van der Waals surface area contributed by atoms with Crippen molar-refractivity contribution in [1.82, 2.24) is 5.32 Å². The molecule has 1 aliphatic rings. The molecule has 0 aromatic heterocycles. The van der Waals surface area contributed by atoms with Gasteiger partial charge in [0.25, 0.3) is 0 Å². The van der Waals surface area contributed by atoms with Gasteiger partial charge in [0.15, 0.2) is 0 Å². The van der Waals surface area contributed by atoms with E-state index in [0.717, 1.165) is 30.7 Å². The Kier molecular flexibility index (Phi) is 3.33. The average Bonchev–Trinajstić information content (AvgIpc) is 2.78. The third-order valence-electron chi connectivity index (χ3n) is 3.28. The third-order valence-corrected chi connectivity index (χ3v) is 3.28. The third kappa shape index (κ3) is 2.42. The van der Waals surface area contributed by atoms with Crippen LogP contribution in [0.5, 0.6) is 5.75 Å². The molecule has 0 bridgehead atoms. The molecule has 1 unspecified atom stereocenters. The van der Waals surface area contributed by atoms with Gasteiger partial charge < -0.3 is 15.8 Å². The minimum Gasteiger partial charge on any atom is -0.491 e. The van der Waals surface area contributed by atoms with E-state index in [9.17, 15) is 4.79 Å². The molecule has 2 rings (SSSR count). The summed E-state index contributed by atoms with van der Waals surface area (Å²) in [6, 6.07) is 7.76. The smallest absolute Gasteiger partial charge is 0.241 e. The molecule has 0 aliphatic carbocycles. The number of carbonyl (C=O) groups is 1. The highest BCUT2D eigenvalue weighted by Crippen LogP contribution is 2.23. The van der Waals surface area contributed by atoms with Crippen molar-refractivity contribution < 1.29 is 9.53 Å². The zero-order chi connectivity index (χ0) is 12.3. The van der Waals surface area contributed by atoms with Gasteiger partial charge >= 0.3 is 0 Å². The van der Waals surface area contributed by atoms with Crippen molar-refractivity contribution in [1.29, 1.82) is 0 Å². The first-order valence-electron chi connectivity index (χ1n) is 5.87. The second-order valence-corrected chi connectivity index (χ2v) is 4.53. The first-order chi connectivity index (χ1) is 8.14. The van der Waals surface area contributed by atoms with Gasteiger partial charge in [0.05, 0.1) is 0 Å². The summed E-state index contributed by atoms with van der Waals surface area (Å²) in [6.07, 6.45) is 1.70. The number of benzene rings is 1. The number of rotatable bonds is 4. The van der Waals surface area contributed by atoms with Crippen LogP contribution in [0.2, 0.25) is 0 Å². The Bertz CT molecular complexity index is 412. The van der Waals surface area contributed by atoms with Crippen LogP contribution in [0.3, 0.4) is 0 Å². The maximum absolute atomic E-state index is 11.5. The predicted molar refractivity (Wildman–Crippen MR) is 65.8 cm³/mol. The standard InChI is InChI=1S/C13H18N2O2/c1-10-5-2-3-6-11(10)17-9-13(12(14)16)7-4-8-15-13/h2-3,5-6,15H,4,7-9H2,1H3,(H2,14,16). The molecule has 0 saturated carbocycles. The lowest BCUT2D eigenvalue weighted by Gasteiger charge is -2.26. The van der Waals surface area contributed by atoms with E-state index >= 15 is 0 Å². The summed E-state index contributed by atoms with van der Waals surface area (Å²) in [5.74, 6) is 0.477. The number of hydrogen-bond acceptors (Lipinski definition) is 3. The topological polar surface area (TPSA) is 64.3 Å². The zero-order valence-electron chi connectivity index (χ0n) is 10.0. The van der Waals surface area contributed by atoms with Crippen LogP contribution in [0.25, 0.3) is 0 Å². The average molecular weight is 234 g/mol.